The van der Waals surface area contributed by atoms with Crippen molar-refractivity contribution in [2.75, 3.05) is 43.8 Å². The third kappa shape index (κ3) is 14.3. The molecule has 0 saturated carbocycles. The highest BCUT2D eigenvalue weighted by Gasteiger charge is 2.57. The molecule has 12 aromatic rings. The Labute approximate surface area is 636 Å². The van der Waals surface area contributed by atoms with Crippen molar-refractivity contribution in [2.24, 2.45) is 5.92 Å². The summed E-state index contributed by atoms with van der Waals surface area (Å²) in [5.74, 6) is 1.04. The number of hydrogen-bond donors (Lipinski definition) is 10. The summed E-state index contributed by atoms with van der Waals surface area (Å²) in [5.41, 5.74) is 3.12. The molecule has 111 heavy (non-hydrogen) atoms. The van der Waals surface area contributed by atoms with Gasteiger partial charge in [-0.15, -0.1) is 19.7 Å². The van der Waals surface area contributed by atoms with Gasteiger partial charge in [-0.3, -0.25) is 43.0 Å². The Morgan fingerprint density at radius 3 is 1.08 bits per heavy atom. The van der Waals surface area contributed by atoms with Crippen LogP contribution in [0.2, 0.25) is 0 Å². The van der Waals surface area contributed by atoms with Gasteiger partial charge in [-0.25, -0.2) is 28.1 Å². The Kier molecular flexibility index (Phi) is 24.4. The highest BCUT2D eigenvalue weighted by molar-refractivity contribution is 5.74. The standard InChI is InChI=1S/C34H34FN5O3.C32H30FN5O5.C12H14FN5O4.3CH4/c1-5-33(6-2)22(3)27(35)31(43-33)40-21-36-28-29(40)37-32(38-30(28)41)39-34(23-13-9-7-10-14-23,24-15-11-8-12-16-24)25-17-19-26(42-4)20-18-25;1-3-31(18-39)26(40)24(33)29(43-31)38-19-34-25-27(38)35-30(36-28(25)41)37-32(20-10-6-4-7-11-20,21-12-8-5-9-13-21)22-14-16-23(42-2)17-15-22;1-2-12(3-19)7(20)5(13)10(22-12)18-4-15-6-8(18)16-11(14)17-9(6)21;;;/h5,7-22,27,31H,1,6H2,2-4H3,(H2,37,38,39,41);3-17,19,24,26,29,39-40H,1,18H2,2H3,(H2,35,36,37,41);2,4-5,7,10,19-20H,1,3H2,(H3,14,16,17,21);3*1H4/t22-,27+,31+,33+;24-,26+,29-,31-;5-,7+,10-,12-;;;/m011.../s1. The van der Waals surface area contributed by atoms with Crippen LogP contribution in [0.4, 0.5) is 31.0 Å². The number of ether oxygens (including phenoxy) is 5. The molecule has 30 heteroatoms. The van der Waals surface area contributed by atoms with E-state index in [9.17, 15) is 39.2 Å². The average Bonchev–Trinajstić information content (AvgIpc) is 1.68. The number of rotatable bonds is 21. The fourth-order valence-electron chi connectivity index (χ4n) is 14.3. The molecule has 15 rings (SSSR count). The van der Waals surface area contributed by atoms with Crippen LogP contribution in [0.25, 0.3) is 33.5 Å². The van der Waals surface area contributed by atoms with E-state index in [0.29, 0.717) is 17.9 Å². The molecular formula is C81H90F3N15O12. The fraction of sp³-hybridized carbons (Fsp3) is 0.296. The van der Waals surface area contributed by atoms with Gasteiger partial charge in [0, 0.05) is 5.92 Å². The summed E-state index contributed by atoms with van der Waals surface area (Å²) in [4.78, 5) is 72.1. The summed E-state index contributed by atoms with van der Waals surface area (Å²) in [6.45, 7) is 13.4. The third-order valence-corrected chi connectivity index (χ3v) is 20.4. The normalized spacial score (nSPS) is 23.3. The quantitative estimate of drug-likeness (QED) is 0.0236. The number of anilines is 3. The third-order valence-electron chi connectivity index (χ3n) is 20.4. The van der Waals surface area contributed by atoms with Crippen LogP contribution in [-0.4, -0.2) is 154 Å². The summed E-state index contributed by atoms with van der Waals surface area (Å²) in [7, 11) is 3.22. The number of H-pyrrole nitrogens is 3. The summed E-state index contributed by atoms with van der Waals surface area (Å²) in [5, 5.41) is 46.9. The smallest absolute Gasteiger partial charge is 0.280 e. The number of aliphatic hydroxyl groups excluding tert-OH is 4. The molecule has 9 heterocycles. The van der Waals surface area contributed by atoms with Crippen LogP contribution in [-0.2, 0) is 25.3 Å². The molecule has 582 valence electrons. The van der Waals surface area contributed by atoms with Crippen molar-refractivity contribution in [3.05, 3.63) is 291 Å². The second kappa shape index (κ2) is 33.1. The molecule has 3 aliphatic rings. The van der Waals surface area contributed by atoms with E-state index < -0.39 is 113 Å². The number of nitrogens with two attached hydrogens (primary N) is 1. The van der Waals surface area contributed by atoms with Gasteiger partial charge in [0.25, 0.3) is 16.7 Å². The Morgan fingerprint density at radius 2 is 0.793 bits per heavy atom. The van der Waals surface area contributed by atoms with Crippen molar-refractivity contribution in [1.82, 2.24) is 58.6 Å². The van der Waals surface area contributed by atoms with Gasteiger partial charge in [0.2, 0.25) is 17.8 Å². The lowest BCUT2D eigenvalue weighted by Crippen LogP contribution is -2.43. The van der Waals surface area contributed by atoms with E-state index in [1.54, 1.807) is 20.3 Å². The van der Waals surface area contributed by atoms with E-state index in [2.05, 4.69) is 70.2 Å². The van der Waals surface area contributed by atoms with Gasteiger partial charge in [-0.1, -0.05) is 200 Å². The maximum absolute atomic E-state index is 15.8. The fourth-order valence-corrected chi connectivity index (χ4v) is 14.3. The summed E-state index contributed by atoms with van der Waals surface area (Å²) < 4.78 is 77.9. The van der Waals surface area contributed by atoms with Crippen molar-refractivity contribution in [3.63, 3.8) is 0 Å². The van der Waals surface area contributed by atoms with Crippen LogP contribution in [0.3, 0.4) is 0 Å². The molecule has 3 fully saturated rings. The van der Waals surface area contributed by atoms with Gasteiger partial charge < -0.3 is 60.5 Å². The average molecular weight is 1520 g/mol. The Balaban J connectivity index is 0.000000183. The van der Waals surface area contributed by atoms with Crippen LogP contribution < -0.4 is 42.5 Å². The maximum Gasteiger partial charge on any atom is 0.280 e. The number of benzene rings is 6. The lowest BCUT2D eigenvalue weighted by Gasteiger charge is -2.37. The molecule has 0 aliphatic carbocycles. The van der Waals surface area contributed by atoms with E-state index >= 15 is 8.78 Å². The van der Waals surface area contributed by atoms with Crippen molar-refractivity contribution < 1.29 is 57.3 Å². The van der Waals surface area contributed by atoms with Crippen LogP contribution in [0.15, 0.2) is 241 Å². The van der Waals surface area contributed by atoms with E-state index in [1.165, 1.54) is 27.9 Å². The SMILES string of the molecule is C.C.C.C=C[C@]1(CC)O[C@@H](n2cnc3c(=O)[nH]c(NC(c4ccccc4)(c4ccccc4)c4ccc(OC)cc4)nc32)[C@H](F)[C@@H]1C.C=C[C@]1(CO)O[C@@H](n2cnc3c(=O)[nH]c(N)nc32)[C@H](F)[C@@H]1O.C=C[C@]1(CO)O[C@@H](n2cnc3c(=O)[nH]c(NC(c4ccccc4)(c4ccccc4)c4ccc(OC)cc4)nc32)[C@H](F)[C@@H]1O. The number of nitrogens with zero attached hydrogens (tertiary/aromatic N) is 9. The van der Waals surface area contributed by atoms with Gasteiger partial charge >= 0.3 is 0 Å². The molecule has 11 N–H and O–H groups in total. The van der Waals surface area contributed by atoms with Crippen molar-refractivity contribution in [2.45, 2.75) is 120 Å². The van der Waals surface area contributed by atoms with Crippen LogP contribution in [0.5, 0.6) is 11.5 Å². The second-order valence-corrected chi connectivity index (χ2v) is 26.1. The van der Waals surface area contributed by atoms with Gasteiger partial charge in [-0.05, 0) is 64.1 Å². The predicted molar refractivity (Wildman–Crippen MR) is 417 cm³/mol. The number of methoxy groups -OCH3 is 2. The first-order valence-corrected chi connectivity index (χ1v) is 34.3. The van der Waals surface area contributed by atoms with Gasteiger partial charge in [0.1, 0.15) is 46.0 Å². The topological polar surface area (TPSA) is 368 Å². The first-order valence-electron chi connectivity index (χ1n) is 34.3. The zero-order valence-corrected chi connectivity index (χ0v) is 58.9. The minimum atomic E-state index is -1.97. The molecule has 6 aromatic heterocycles. The van der Waals surface area contributed by atoms with Crippen molar-refractivity contribution in [1.29, 1.82) is 0 Å². The number of nitrogen functional groups attached to an aromatic ring is 1. The van der Waals surface area contributed by atoms with E-state index in [0.717, 1.165) is 50.4 Å². The molecule has 6 aromatic carbocycles. The van der Waals surface area contributed by atoms with E-state index in [4.69, 9.17) is 34.4 Å². The lowest BCUT2D eigenvalue weighted by molar-refractivity contribution is -0.0960. The monoisotopic (exact) mass is 1520 g/mol. The molecule has 0 amide bonds. The van der Waals surface area contributed by atoms with Crippen molar-refractivity contribution in [3.8, 4) is 11.5 Å². The molecule has 3 saturated heterocycles. The van der Waals surface area contributed by atoms with Gasteiger partial charge in [0.15, 0.2) is 70.7 Å². The Bertz CT molecular complexity index is 5040. The molecule has 0 spiro atoms. The van der Waals surface area contributed by atoms with Crippen molar-refractivity contribution >= 4 is 51.3 Å². The Morgan fingerprint density at radius 1 is 0.495 bits per heavy atom. The number of hydrogen-bond acceptors (Lipinski definition) is 21. The molecule has 12 atom stereocenters. The summed E-state index contributed by atoms with van der Waals surface area (Å²) in [6.07, 6.45) is -3.99. The number of alkyl halides is 3. The molecule has 3 aliphatic heterocycles. The molecule has 0 unspecified atom stereocenters. The second-order valence-electron chi connectivity index (χ2n) is 26.1. The zero-order valence-electron chi connectivity index (χ0n) is 58.9. The molecule has 27 nitrogen and oxygen atoms in total. The van der Waals surface area contributed by atoms with Crippen LogP contribution >= 0.6 is 0 Å². The largest absolute Gasteiger partial charge is 0.497 e. The van der Waals surface area contributed by atoms with Crippen LogP contribution in [0.1, 0.15) is 94.6 Å². The van der Waals surface area contributed by atoms with Crippen LogP contribution in [0, 0.1) is 5.92 Å². The number of aromatic amines is 3. The molecular weight excluding hydrogens is 1430 g/mol. The number of aromatic nitrogens is 12. The van der Waals surface area contributed by atoms with Gasteiger partial charge in [-0.2, -0.15) is 15.0 Å². The highest BCUT2D eigenvalue weighted by Crippen LogP contribution is 2.48. The Hall–Kier alpha value is -11.9. The molecule has 0 radical (unpaired) electrons. The van der Waals surface area contributed by atoms with E-state index in [1.807, 2.05) is 184 Å². The lowest BCUT2D eigenvalue weighted by atomic mass is 9.77. The summed E-state index contributed by atoms with van der Waals surface area (Å²) in [6, 6.07) is 54.5. The van der Waals surface area contributed by atoms with Gasteiger partial charge in [0.05, 0.1) is 52.0 Å². The number of fused-ring (bicyclic) bond motifs is 3. The minimum absolute atomic E-state index is 0. The highest BCUT2D eigenvalue weighted by atomic mass is 19.1. The first kappa shape index (κ1) is 81.6. The number of aliphatic hydroxyl groups is 4. The number of nitrogens with one attached hydrogen (secondary N) is 5. The maximum atomic E-state index is 15.8. The molecule has 0 bridgehead atoms. The minimum Gasteiger partial charge on any atom is -0.497 e. The first-order chi connectivity index (χ1) is 52.2. The number of halogens is 3. The summed E-state index contributed by atoms with van der Waals surface area (Å²) >= 11 is 0. The number of imidazole rings is 3. The van der Waals surface area contributed by atoms with E-state index in [-0.39, 0.29) is 73.6 Å². The predicted octanol–water partition coefficient (Wildman–Crippen LogP) is 10.8. The zero-order chi connectivity index (χ0) is 76.5.